The molecule has 0 saturated carbocycles. The van der Waals surface area contributed by atoms with Gasteiger partial charge in [-0.15, -0.1) is 0 Å². The molecule has 0 saturated heterocycles. The van der Waals surface area contributed by atoms with Crippen LogP contribution in [0.4, 0.5) is 21.0 Å². The fourth-order valence-corrected chi connectivity index (χ4v) is 5.34. The second kappa shape index (κ2) is 20.7. The van der Waals surface area contributed by atoms with Gasteiger partial charge >= 0.3 is 12.2 Å². The summed E-state index contributed by atoms with van der Waals surface area (Å²) in [5, 5.41) is 18.8. The van der Waals surface area contributed by atoms with Gasteiger partial charge in [0.05, 0.1) is 11.0 Å². The summed E-state index contributed by atoms with van der Waals surface area (Å²) in [6, 6.07) is 9.72. The van der Waals surface area contributed by atoms with Crippen LogP contribution >= 0.6 is 0 Å². The SMILES string of the molecule is CC(C)[C@H](NC(=O)CCCCCN1C(=O)C=CC1=O)C(=O)CC(CCCNC(N)=O)C(=O)Nc1ccc(COC(=O)Oc2ccc([N+](=O)[O-])cc2)cc1. The Morgan fingerprint density at radius 2 is 1.57 bits per heavy atom. The van der Waals surface area contributed by atoms with Gasteiger partial charge in [0.25, 0.3) is 17.5 Å². The minimum absolute atomic E-state index is 0.0667. The maximum atomic E-state index is 13.5. The average Bonchev–Trinajstić information content (AvgIpc) is 3.43. The summed E-state index contributed by atoms with van der Waals surface area (Å²) < 4.78 is 10.1. The van der Waals surface area contributed by atoms with Crippen LogP contribution in [-0.4, -0.2) is 70.6 Å². The predicted molar refractivity (Wildman–Crippen MR) is 190 cm³/mol. The van der Waals surface area contributed by atoms with Gasteiger partial charge in [-0.1, -0.05) is 32.4 Å². The van der Waals surface area contributed by atoms with Crippen molar-refractivity contribution in [3.05, 3.63) is 76.4 Å². The molecule has 2 aromatic rings. The Kier molecular flexibility index (Phi) is 16.1. The monoisotopic (exact) mass is 736 g/mol. The number of carbonyl (C=O) groups is 7. The predicted octanol–water partition coefficient (Wildman–Crippen LogP) is 3.90. The first-order chi connectivity index (χ1) is 25.2. The maximum Gasteiger partial charge on any atom is 0.514 e. The third-order valence-electron chi connectivity index (χ3n) is 8.19. The number of nitro groups is 1. The summed E-state index contributed by atoms with van der Waals surface area (Å²) in [5.41, 5.74) is 5.96. The highest BCUT2D eigenvalue weighted by Gasteiger charge is 2.29. The van der Waals surface area contributed by atoms with Gasteiger partial charge in [0.2, 0.25) is 11.8 Å². The number of nitrogens with two attached hydrogens (primary N) is 1. The van der Waals surface area contributed by atoms with Crippen molar-refractivity contribution in [3.63, 3.8) is 0 Å². The molecule has 0 bridgehead atoms. The number of hydrogen-bond acceptors (Lipinski definition) is 11. The van der Waals surface area contributed by atoms with E-state index in [0.717, 1.165) is 4.90 Å². The zero-order valence-corrected chi connectivity index (χ0v) is 29.5. The van der Waals surface area contributed by atoms with Gasteiger partial charge in [-0.3, -0.25) is 39.0 Å². The van der Waals surface area contributed by atoms with Crippen molar-refractivity contribution < 1.29 is 48.0 Å². The number of nitrogens with one attached hydrogen (secondary N) is 3. The normalized spacial score (nSPS) is 13.3. The second-order valence-corrected chi connectivity index (χ2v) is 12.6. The Labute approximate surface area is 305 Å². The number of imide groups is 1. The van der Waals surface area contributed by atoms with E-state index in [9.17, 15) is 43.7 Å². The molecule has 0 radical (unpaired) electrons. The molecule has 17 heteroatoms. The Morgan fingerprint density at radius 3 is 2.17 bits per heavy atom. The van der Waals surface area contributed by atoms with Gasteiger partial charge in [0.15, 0.2) is 5.78 Å². The Balaban J connectivity index is 1.52. The first kappa shape index (κ1) is 41.3. The number of nitrogens with zero attached hydrogens (tertiary/aromatic N) is 2. The van der Waals surface area contributed by atoms with Crippen molar-refractivity contribution in [3.8, 4) is 5.75 Å². The van der Waals surface area contributed by atoms with Gasteiger partial charge in [-0.05, 0) is 61.4 Å². The average molecular weight is 737 g/mol. The Morgan fingerprint density at radius 1 is 0.906 bits per heavy atom. The molecule has 0 spiro atoms. The third kappa shape index (κ3) is 14.2. The van der Waals surface area contributed by atoms with Gasteiger partial charge in [0.1, 0.15) is 12.4 Å². The molecule has 1 heterocycles. The van der Waals surface area contributed by atoms with Crippen LogP contribution in [0, 0.1) is 22.0 Å². The molecule has 0 aliphatic carbocycles. The maximum absolute atomic E-state index is 13.5. The summed E-state index contributed by atoms with van der Waals surface area (Å²) >= 11 is 0. The molecule has 1 aliphatic heterocycles. The van der Waals surface area contributed by atoms with Crippen LogP contribution in [0.1, 0.15) is 64.4 Å². The molecule has 17 nitrogen and oxygen atoms in total. The number of urea groups is 1. The number of unbranched alkanes of at least 4 members (excludes halogenated alkanes) is 2. The van der Waals surface area contributed by atoms with Crippen molar-refractivity contribution in [2.75, 3.05) is 18.4 Å². The lowest BCUT2D eigenvalue weighted by molar-refractivity contribution is -0.384. The van der Waals surface area contributed by atoms with E-state index in [2.05, 4.69) is 16.0 Å². The van der Waals surface area contributed by atoms with E-state index in [-0.39, 0.29) is 79.8 Å². The van der Waals surface area contributed by atoms with Gasteiger partial charge in [0, 0.05) is 61.8 Å². The molecule has 1 aliphatic rings. The van der Waals surface area contributed by atoms with Crippen LogP contribution in [-0.2, 0) is 35.3 Å². The molecule has 3 rings (SSSR count). The first-order valence-corrected chi connectivity index (χ1v) is 17.1. The third-order valence-corrected chi connectivity index (χ3v) is 8.19. The quantitative estimate of drug-likeness (QED) is 0.0357. The number of anilines is 1. The standard InChI is InChI=1S/C36H44N6O11/c1-23(2)33(40-30(44)8-4-3-5-20-41-31(45)17-18-32(41)46)29(43)21-25(7-6-19-38-35(37)48)34(47)39-26-11-9-24(10-12-26)22-52-36(49)53-28-15-13-27(14-16-28)42(50)51/h9-18,23,25,33H,3-8,19-22H2,1-2H3,(H,39,47)(H,40,44)(H3,37,38,48)/t25?,33-/m0/s1. The second-order valence-electron chi connectivity index (χ2n) is 12.6. The topological polar surface area (TPSA) is 246 Å². The van der Waals surface area contributed by atoms with Crippen LogP contribution in [0.25, 0.3) is 0 Å². The summed E-state index contributed by atoms with van der Waals surface area (Å²) in [7, 11) is 0. The molecule has 2 atom stereocenters. The molecule has 6 amide bonds. The molecular formula is C36H44N6O11. The number of non-ortho nitro benzene ring substituents is 1. The number of nitro benzene ring substituents is 1. The minimum atomic E-state index is -1.02. The van der Waals surface area contributed by atoms with E-state index in [1.807, 2.05) is 0 Å². The Bertz CT molecular complexity index is 1660. The fraction of sp³-hybridized carbons (Fsp3) is 0.417. The highest BCUT2D eigenvalue weighted by Crippen LogP contribution is 2.21. The van der Waals surface area contributed by atoms with E-state index in [1.165, 1.54) is 36.4 Å². The highest BCUT2D eigenvalue weighted by molar-refractivity contribution is 6.12. The zero-order chi connectivity index (χ0) is 38.9. The largest absolute Gasteiger partial charge is 0.514 e. The summed E-state index contributed by atoms with van der Waals surface area (Å²) in [5.74, 6) is -2.83. The first-order valence-electron chi connectivity index (χ1n) is 17.1. The molecule has 0 fully saturated rings. The van der Waals surface area contributed by atoms with E-state index in [4.69, 9.17) is 15.2 Å². The fourth-order valence-electron chi connectivity index (χ4n) is 5.34. The van der Waals surface area contributed by atoms with Crippen molar-refractivity contribution in [1.29, 1.82) is 0 Å². The van der Waals surface area contributed by atoms with Crippen LogP contribution in [0.3, 0.4) is 0 Å². The molecule has 2 aromatic carbocycles. The van der Waals surface area contributed by atoms with E-state index in [0.29, 0.717) is 36.9 Å². The van der Waals surface area contributed by atoms with Crippen molar-refractivity contribution >= 4 is 53.0 Å². The Hall–Kier alpha value is -6.13. The molecule has 1 unspecified atom stereocenters. The number of rotatable bonds is 21. The number of amides is 6. The van der Waals surface area contributed by atoms with Crippen LogP contribution < -0.4 is 26.4 Å². The van der Waals surface area contributed by atoms with Gasteiger partial charge in [-0.25, -0.2) is 9.59 Å². The lowest BCUT2D eigenvalue weighted by Crippen LogP contribution is -2.45. The number of primary amides is 1. The van der Waals surface area contributed by atoms with Crippen molar-refractivity contribution in [2.45, 2.75) is 71.4 Å². The van der Waals surface area contributed by atoms with Gasteiger partial charge < -0.3 is 31.2 Å². The van der Waals surface area contributed by atoms with Crippen molar-refractivity contribution in [2.24, 2.45) is 17.6 Å². The molecule has 53 heavy (non-hydrogen) atoms. The smallest absolute Gasteiger partial charge is 0.429 e. The zero-order valence-electron chi connectivity index (χ0n) is 29.5. The highest BCUT2D eigenvalue weighted by atomic mass is 16.7. The molecule has 5 N–H and O–H groups in total. The van der Waals surface area contributed by atoms with Crippen LogP contribution in [0.15, 0.2) is 60.7 Å². The molecule has 0 aromatic heterocycles. The van der Waals surface area contributed by atoms with Crippen molar-refractivity contribution in [1.82, 2.24) is 15.5 Å². The summed E-state index contributed by atoms with van der Waals surface area (Å²) in [4.78, 5) is 97.6. The number of carbonyl (C=O) groups excluding carboxylic acids is 7. The van der Waals surface area contributed by atoms with Crippen LogP contribution in [0.5, 0.6) is 5.75 Å². The number of hydrogen-bond donors (Lipinski definition) is 4. The summed E-state index contributed by atoms with van der Waals surface area (Å²) in [6.07, 6.45) is 3.59. The number of Topliss-reactive ketones (excluding diaryl/α,β-unsaturated/α-hetero) is 1. The molecular weight excluding hydrogens is 692 g/mol. The van der Waals surface area contributed by atoms with E-state index < -0.39 is 35.0 Å². The van der Waals surface area contributed by atoms with E-state index >= 15 is 0 Å². The van der Waals surface area contributed by atoms with Crippen LogP contribution in [0.2, 0.25) is 0 Å². The summed E-state index contributed by atoms with van der Waals surface area (Å²) in [6.45, 7) is 3.86. The lowest BCUT2D eigenvalue weighted by Gasteiger charge is -2.24. The number of ketones is 1. The van der Waals surface area contributed by atoms with Gasteiger partial charge in [-0.2, -0.15) is 0 Å². The molecule has 284 valence electrons. The number of ether oxygens (including phenoxy) is 2. The minimum Gasteiger partial charge on any atom is -0.429 e. The van der Waals surface area contributed by atoms with E-state index in [1.54, 1.807) is 38.1 Å². The number of benzene rings is 2. The lowest BCUT2D eigenvalue weighted by atomic mass is 9.89.